The summed E-state index contributed by atoms with van der Waals surface area (Å²) < 4.78 is 4.70. The lowest BCUT2D eigenvalue weighted by Gasteiger charge is -2.14. The molecule has 3 aromatic heterocycles. The Morgan fingerprint density at radius 3 is 1.86 bits per heavy atom. The molecular formula is C45H38N4. The van der Waals surface area contributed by atoms with Crippen LogP contribution >= 0.6 is 0 Å². The number of nitrogens with zero attached hydrogens (tertiary/aromatic N) is 4. The lowest BCUT2D eigenvalue weighted by Crippen LogP contribution is -2.07. The van der Waals surface area contributed by atoms with Crippen LogP contribution in [0.2, 0.25) is 0 Å². The summed E-state index contributed by atoms with van der Waals surface area (Å²) in [6, 6.07) is 45.0. The minimum atomic E-state index is 0.631. The van der Waals surface area contributed by atoms with Crippen molar-refractivity contribution < 1.29 is 0 Å². The molecule has 0 atom stereocenters. The van der Waals surface area contributed by atoms with E-state index in [1.54, 1.807) is 0 Å². The van der Waals surface area contributed by atoms with E-state index in [0.717, 1.165) is 63.3 Å². The van der Waals surface area contributed by atoms with E-state index < -0.39 is 0 Å². The average Bonchev–Trinajstić information content (AvgIpc) is 3.65. The van der Waals surface area contributed by atoms with Gasteiger partial charge < -0.3 is 4.57 Å². The number of aryl methyl sites for hydroxylation is 2. The number of hydrogen-bond acceptors (Lipinski definition) is 2. The van der Waals surface area contributed by atoms with Crippen LogP contribution < -0.4 is 0 Å². The molecule has 0 radical (unpaired) electrons. The van der Waals surface area contributed by atoms with Gasteiger partial charge in [0.05, 0.1) is 33.6 Å². The van der Waals surface area contributed by atoms with Gasteiger partial charge in [0.15, 0.2) is 0 Å². The quantitative estimate of drug-likeness (QED) is 0.156. The monoisotopic (exact) mass is 634 g/mol. The van der Waals surface area contributed by atoms with E-state index in [2.05, 4.69) is 164 Å². The molecule has 5 aromatic carbocycles. The van der Waals surface area contributed by atoms with Gasteiger partial charge in [-0.05, 0) is 67.3 Å². The Bertz CT molecular complexity index is 2460. The predicted octanol–water partition coefficient (Wildman–Crippen LogP) is 11.7. The molecule has 0 amide bonds. The first-order chi connectivity index (χ1) is 24.1. The second kappa shape index (κ2) is 12.6. The lowest BCUT2D eigenvalue weighted by atomic mass is 10.1. The fourth-order valence-corrected chi connectivity index (χ4v) is 6.93. The average molecular weight is 635 g/mol. The minimum absolute atomic E-state index is 0.631. The number of benzene rings is 5. The highest BCUT2D eigenvalue weighted by Gasteiger charge is 2.24. The molecular weight excluding hydrogens is 597 g/mol. The molecule has 0 N–H and O–H groups in total. The van der Waals surface area contributed by atoms with Gasteiger partial charge in [-0.15, -0.1) is 0 Å². The second-order valence-corrected chi connectivity index (χ2v) is 12.6. The molecule has 0 bridgehead atoms. The molecule has 0 saturated carbocycles. The molecule has 49 heavy (non-hydrogen) atoms. The molecule has 0 spiro atoms. The summed E-state index contributed by atoms with van der Waals surface area (Å²) in [7, 11) is 0. The van der Waals surface area contributed by atoms with Crippen LogP contribution in [0.15, 0.2) is 146 Å². The van der Waals surface area contributed by atoms with Crippen LogP contribution in [0, 0.1) is 6.92 Å². The van der Waals surface area contributed by atoms with Crippen LogP contribution in [-0.4, -0.2) is 19.1 Å². The predicted molar refractivity (Wildman–Crippen MR) is 207 cm³/mol. The molecule has 0 saturated heterocycles. The summed E-state index contributed by atoms with van der Waals surface area (Å²) in [6.45, 7) is 10.9. The zero-order valence-corrected chi connectivity index (χ0v) is 28.2. The Labute approximate surface area is 287 Å². The Hall–Kier alpha value is -6.00. The summed E-state index contributed by atoms with van der Waals surface area (Å²) in [5, 5.41) is 3.61. The van der Waals surface area contributed by atoms with Crippen molar-refractivity contribution in [2.45, 2.75) is 33.6 Å². The number of rotatable bonds is 8. The summed E-state index contributed by atoms with van der Waals surface area (Å²) in [5.74, 6) is 0.631. The van der Waals surface area contributed by atoms with Crippen molar-refractivity contribution in [2.24, 2.45) is 0 Å². The van der Waals surface area contributed by atoms with Crippen LogP contribution in [-0.2, 0) is 6.42 Å². The van der Waals surface area contributed by atoms with E-state index in [9.17, 15) is 0 Å². The molecule has 0 aliphatic heterocycles. The Balaban J connectivity index is 1.56. The van der Waals surface area contributed by atoms with Crippen molar-refractivity contribution in [3.05, 3.63) is 162 Å². The van der Waals surface area contributed by atoms with Crippen LogP contribution in [0.1, 0.15) is 37.1 Å². The fourth-order valence-electron chi connectivity index (χ4n) is 6.93. The highest BCUT2D eigenvalue weighted by Crippen LogP contribution is 2.41. The maximum Gasteiger partial charge on any atom is 0.235 e. The van der Waals surface area contributed by atoms with Gasteiger partial charge in [0.2, 0.25) is 5.95 Å². The molecule has 3 heterocycles. The molecule has 4 heteroatoms. The highest BCUT2D eigenvalue weighted by atomic mass is 15.2. The SMILES string of the molecule is C=C(/C=C\c1c(C)c2ccc3c4cc(CC)ccc4n(-c4ccccc4)c3c2n1-c1nc(-c2ccccc2)cc(-c2ccccc2)n1)CC. The van der Waals surface area contributed by atoms with E-state index in [0.29, 0.717) is 5.95 Å². The first-order valence-corrected chi connectivity index (χ1v) is 17.1. The van der Waals surface area contributed by atoms with E-state index in [4.69, 9.17) is 9.97 Å². The van der Waals surface area contributed by atoms with Gasteiger partial charge in [0.1, 0.15) is 0 Å². The first-order valence-electron chi connectivity index (χ1n) is 17.1. The third-order valence-corrected chi connectivity index (χ3v) is 9.63. The van der Waals surface area contributed by atoms with Gasteiger partial charge in [0, 0.05) is 33.0 Å². The molecule has 8 aromatic rings. The van der Waals surface area contributed by atoms with E-state index in [1.807, 2.05) is 12.1 Å². The van der Waals surface area contributed by atoms with Gasteiger partial charge in [-0.2, -0.15) is 0 Å². The number of aromatic nitrogens is 4. The number of fused-ring (bicyclic) bond motifs is 5. The van der Waals surface area contributed by atoms with Crippen molar-refractivity contribution in [3.63, 3.8) is 0 Å². The molecule has 0 aliphatic rings. The molecule has 0 aliphatic carbocycles. The number of allylic oxidation sites excluding steroid dienone is 2. The van der Waals surface area contributed by atoms with Crippen LogP contribution in [0.5, 0.6) is 0 Å². The largest absolute Gasteiger partial charge is 0.307 e. The van der Waals surface area contributed by atoms with Crippen molar-refractivity contribution >= 4 is 38.8 Å². The molecule has 238 valence electrons. The Kier molecular flexibility index (Phi) is 7.77. The Morgan fingerprint density at radius 1 is 0.653 bits per heavy atom. The van der Waals surface area contributed by atoms with Gasteiger partial charge >= 0.3 is 0 Å². The van der Waals surface area contributed by atoms with E-state index >= 15 is 0 Å². The highest BCUT2D eigenvalue weighted by molar-refractivity contribution is 6.19. The zero-order chi connectivity index (χ0) is 33.5. The maximum atomic E-state index is 5.35. The maximum absolute atomic E-state index is 5.35. The van der Waals surface area contributed by atoms with Crippen molar-refractivity contribution in [1.29, 1.82) is 0 Å². The number of hydrogen-bond donors (Lipinski definition) is 0. The Morgan fingerprint density at radius 2 is 1.24 bits per heavy atom. The van der Waals surface area contributed by atoms with Crippen molar-refractivity contribution in [3.8, 4) is 34.2 Å². The van der Waals surface area contributed by atoms with Gasteiger partial charge in [0.25, 0.3) is 0 Å². The minimum Gasteiger partial charge on any atom is -0.307 e. The summed E-state index contributed by atoms with van der Waals surface area (Å²) >= 11 is 0. The molecule has 8 rings (SSSR count). The van der Waals surface area contributed by atoms with Gasteiger partial charge in [-0.25, -0.2) is 9.97 Å². The topological polar surface area (TPSA) is 35.6 Å². The van der Waals surface area contributed by atoms with Crippen LogP contribution in [0.25, 0.3) is 72.9 Å². The third kappa shape index (κ3) is 5.26. The van der Waals surface area contributed by atoms with Gasteiger partial charge in [-0.3, -0.25) is 4.57 Å². The smallest absolute Gasteiger partial charge is 0.235 e. The van der Waals surface area contributed by atoms with Crippen molar-refractivity contribution in [2.75, 3.05) is 0 Å². The molecule has 4 nitrogen and oxygen atoms in total. The van der Waals surface area contributed by atoms with Crippen LogP contribution in [0.4, 0.5) is 0 Å². The van der Waals surface area contributed by atoms with E-state index in [1.165, 1.54) is 32.8 Å². The van der Waals surface area contributed by atoms with Gasteiger partial charge in [-0.1, -0.05) is 129 Å². The fraction of sp³-hybridized carbons (Fsp3) is 0.111. The second-order valence-electron chi connectivity index (χ2n) is 12.6. The third-order valence-electron chi connectivity index (χ3n) is 9.63. The number of para-hydroxylation sites is 1. The standard InChI is InChI=1S/C45H38N4/c1-5-30(3)22-26-41-31(4)36-24-25-37-38-28-32(6-2)23-27-42(38)48(35-20-14-9-15-21-35)44(37)43(36)49(41)45-46-39(33-16-10-7-11-17-33)29-40(47-45)34-18-12-8-13-19-34/h7-29H,3,5-6H2,1-2,4H3/b26-22-. The summed E-state index contributed by atoms with van der Waals surface area (Å²) in [4.78, 5) is 10.7. The van der Waals surface area contributed by atoms with Crippen LogP contribution in [0.3, 0.4) is 0 Å². The summed E-state index contributed by atoms with van der Waals surface area (Å²) in [5.41, 5.74) is 13.0. The molecule has 0 fully saturated rings. The lowest BCUT2D eigenvalue weighted by molar-refractivity contribution is 0.955. The van der Waals surface area contributed by atoms with Crippen molar-refractivity contribution in [1.82, 2.24) is 19.1 Å². The molecule has 0 unspecified atom stereocenters. The summed E-state index contributed by atoms with van der Waals surface area (Å²) in [6.07, 6.45) is 6.18. The zero-order valence-electron chi connectivity index (χ0n) is 28.2. The first kappa shape index (κ1) is 30.3. The normalized spacial score (nSPS) is 11.7. The van der Waals surface area contributed by atoms with E-state index in [-0.39, 0.29) is 0 Å².